The van der Waals surface area contributed by atoms with Crippen LogP contribution in [0.3, 0.4) is 0 Å². The van der Waals surface area contributed by atoms with Crippen molar-refractivity contribution in [1.82, 2.24) is 0 Å². The Morgan fingerprint density at radius 3 is 2.43 bits per heavy atom. The lowest BCUT2D eigenvalue weighted by atomic mass is 10.1. The van der Waals surface area contributed by atoms with Crippen LogP contribution in [0.2, 0.25) is 0 Å². The molecule has 0 spiro atoms. The maximum Gasteiger partial charge on any atom is 0.335 e. The van der Waals surface area contributed by atoms with E-state index in [0.29, 0.717) is 4.47 Å². The second-order valence-corrected chi connectivity index (χ2v) is 4.17. The topological polar surface area (TPSA) is 0 Å². The van der Waals surface area contributed by atoms with Crippen LogP contribution in [0, 0.1) is 0 Å². The molecule has 14 heavy (non-hydrogen) atoms. The highest BCUT2D eigenvalue weighted by atomic mass is 79.9. The average molecular weight is 269 g/mol. The number of hydrogen-bond acceptors (Lipinski definition) is 0. The molecule has 0 unspecified atom stereocenters. The van der Waals surface area contributed by atoms with Gasteiger partial charge in [0, 0.05) is 16.5 Å². The Kier molecular flexibility index (Phi) is 1.93. The zero-order valence-electron chi connectivity index (χ0n) is 6.83. The number of halogens is 5. The third-order valence-corrected chi connectivity index (χ3v) is 2.77. The van der Waals surface area contributed by atoms with E-state index in [1.54, 1.807) is 0 Å². The summed E-state index contributed by atoms with van der Waals surface area (Å²) in [5.74, 6) is -8.00. The molecule has 0 saturated heterocycles. The summed E-state index contributed by atoms with van der Waals surface area (Å²) in [6, 6.07) is 3.69. The van der Waals surface area contributed by atoms with Crippen molar-refractivity contribution in [1.29, 1.82) is 0 Å². The summed E-state index contributed by atoms with van der Waals surface area (Å²) >= 11 is 3.05. The summed E-state index contributed by atoms with van der Waals surface area (Å²) in [6.07, 6.45) is -0.894. The van der Waals surface area contributed by atoms with E-state index in [9.17, 15) is 17.6 Å². The summed E-state index contributed by atoms with van der Waals surface area (Å²) in [5, 5.41) is 0. The van der Waals surface area contributed by atoms with Gasteiger partial charge in [0.1, 0.15) is 0 Å². The number of benzene rings is 1. The van der Waals surface area contributed by atoms with Gasteiger partial charge in [0.25, 0.3) is 0 Å². The van der Waals surface area contributed by atoms with Crippen LogP contribution in [-0.2, 0) is 12.3 Å². The molecule has 1 aliphatic carbocycles. The number of hydrogen-bond donors (Lipinski definition) is 0. The molecule has 0 aliphatic heterocycles. The van der Waals surface area contributed by atoms with Crippen molar-refractivity contribution in [2.24, 2.45) is 0 Å². The Hall–Kier alpha value is -0.580. The minimum atomic E-state index is -4.04. The van der Waals surface area contributed by atoms with Gasteiger partial charge in [-0.2, -0.15) is 17.6 Å². The molecular weight excluding hydrogens is 264 g/mol. The van der Waals surface area contributed by atoms with Gasteiger partial charge in [0.15, 0.2) is 0 Å². The van der Waals surface area contributed by atoms with Gasteiger partial charge in [0.2, 0.25) is 0 Å². The molecule has 0 amide bonds. The van der Waals surface area contributed by atoms with Crippen LogP contribution in [0.25, 0.3) is 0 Å². The van der Waals surface area contributed by atoms with Crippen LogP contribution in [0.15, 0.2) is 22.7 Å². The zero-order chi connectivity index (χ0) is 10.6. The molecule has 76 valence electrons. The first kappa shape index (κ1) is 9.96. The fraction of sp³-hybridized carbons (Fsp3) is 0.333. The fourth-order valence-electron chi connectivity index (χ4n) is 1.56. The first-order valence-corrected chi connectivity index (χ1v) is 4.68. The van der Waals surface area contributed by atoms with Crippen molar-refractivity contribution < 1.29 is 17.6 Å². The van der Waals surface area contributed by atoms with Crippen molar-refractivity contribution in [3.63, 3.8) is 0 Å². The van der Waals surface area contributed by atoms with Gasteiger partial charge in [0.05, 0.1) is 0 Å². The van der Waals surface area contributed by atoms with Gasteiger partial charge < -0.3 is 0 Å². The van der Waals surface area contributed by atoms with Crippen molar-refractivity contribution in [3.05, 3.63) is 33.8 Å². The van der Waals surface area contributed by atoms with Gasteiger partial charge in [-0.25, -0.2) is 0 Å². The predicted molar refractivity (Wildman–Crippen MR) is 46.7 cm³/mol. The number of fused-ring (bicyclic) bond motifs is 1. The SMILES string of the molecule is FC1(F)Cc2cc(Br)ccc2C1(F)F. The smallest absolute Gasteiger partial charge is 0.199 e. The Balaban J connectivity index is 2.60. The lowest BCUT2D eigenvalue weighted by Gasteiger charge is -2.18. The minimum Gasteiger partial charge on any atom is -0.199 e. The molecule has 0 bridgehead atoms. The van der Waals surface area contributed by atoms with E-state index in [1.807, 2.05) is 0 Å². The van der Waals surface area contributed by atoms with Crippen LogP contribution in [0.4, 0.5) is 17.6 Å². The van der Waals surface area contributed by atoms with Crippen LogP contribution >= 0.6 is 15.9 Å². The first-order chi connectivity index (χ1) is 6.34. The molecule has 0 radical (unpaired) electrons. The van der Waals surface area contributed by atoms with E-state index in [-0.39, 0.29) is 5.56 Å². The highest BCUT2D eigenvalue weighted by Gasteiger charge is 2.62. The molecule has 0 nitrogen and oxygen atoms in total. The molecule has 0 fully saturated rings. The third kappa shape index (κ3) is 1.18. The monoisotopic (exact) mass is 268 g/mol. The van der Waals surface area contributed by atoms with Gasteiger partial charge in [-0.15, -0.1) is 0 Å². The second kappa shape index (κ2) is 2.72. The molecule has 5 heteroatoms. The predicted octanol–water partition coefficient (Wildman–Crippen LogP) is 3.73. The number of alkyl halides is 4. The summed E-state index contributed by atoms with van der Waals surface area (Å²) in [4.78, 5) is 0. The standard InChI is InChI=1S/C9H5BrF4/c10-6-1-2-7-5(3-6)4-8(11,12)9(7,13)14/h1-3H,4H2. The molecule has 2 rings (SSSR count). The van der Waals surface area contributed by atoms with Crippen molar-refractivity contribution in [2.45, 2.75) is 18.3 Å². The summed E-state index contributed by atoms with van der Waals surface area (Å²) in [7, 11) is 0. The normalized spacial score (nSPS) is 22.1. The van der Waals surface area contributed by atoms with Gasteiger partial charge >= 0.3 is 11.8 Å². The molecule has 0 saturated carbocycles. The lowest BCUT2D eigenvalue weighted by Crippen LogP contribution is -2.33. The molecule has 0 atom stereocenters. The molecule has 0 N–H and O–H groups in total. The van der Waals surface area contributed by atoms with Crippen molar-refractivity contribution >= 4 is 15.9 Å². The Labute approximate surface area is 86.1 Å². The molecule has 1 aliphatic rings. The average Bonchev–Trinajstić information content (AvgIpc) is 2.18. The largest absolute Gasteiger partial charge is 0.335 e. The summed E-state index contributed by atoms with van der Waals surface area (Å²) < 4.78 is 52.5. The summed E-state index contributed by atoms with van der Waals surface area (Å²) in [6.45, 7) is 0. The van der Waals surface area contributed by atoms with Gasteiger partial charge in [-0.1, -0.05) is 22.0 Å². The van der Waals surface area contributed by atoms with E-state index in [1.165, 1.54) is 12.1 Å². The molecule has 1 aromatic carbocycles. The fourth-order valence-corrected chi connectivity index (χ4v) is 1.97. The van der Waals surface area contributed by atoms with Gasteiger partial charge in [-0.05, 0) is 17.7 Å². The van der Waals surface area contributed by atoms with E-state index >= 15 is 0 Å². The van der Waals surface area contributed by atoms with Crippen LogP contribution in [0.5, 0.6) is 0 Å². The molecular formula is C9H5BrF4. The highest BCUT2D eigenvalue weighted by Crippen LogP contribution is 2.52. The first-order valence-electron chi connectivity index (χ1n) is 3.89. The zero-order valence-corrected chi connectivity index (χ0v) is 8.41. The highest BCUT2D eigenvalue weighted by molar-refractivity contribution is 9.10. The maximum atomic E-state index is 13.1. The summed E-state index contributed by atoms with van der Waals surface area (Å²) in [5.41, 5.74) is -0.555. The number of rotatable bonds is 0. The Morgan fingerprint density at radius 2 is 1.79 bits per heavy atom. The van der Waals surface area contributed by atoms with E-state index in [2.05, 4.69) is 15.9 Å². The quantitative estimate of drug-likeness (QED) is 0.629. The molecule has 0 aromatic heterocycles. The minimum absolute atomic E-state index is 0.00868. The van der Waals surface area contributed by atoms with E-state index < -0.39 is 23.8 Å². The van der Waals surface area contributed by atoms with Crippen molar-refractivity contribution in [2.75, 3.05) is 0 Å². The van der Waals surface area contributed by atoms with E-state index in [0.717, 1.165) is 6.07 Å². The van der Waals surface area contributed by atoms with Crippen LogP contribution in [0.1, 0.15) is 11.1 Å². The Bertz CT molecular complexity index is 386. The van der Waals surface area contributed by atoms with Crippen molar-refractivity contribution in [3.8, 4) is 0 Å². The second-order valence-electron chi connectivity index (χ2n) is 3.26. The maximum absolute atomic E-state index is 13.1. The van der Waals surface area contributed by atoms with E-state index in [4.69, 9.17) is 0 Å². The van der Waals surface area contributed by atoms with Crippen LogP contribution < -0.4 is 0 Å². The lowest BCUT2D eigenvalue weighted by molar-refractivity contribution is -0.202. The molecule has 0 heterocycles. The third-order valence-electron chi connectivity index (χ3n) is 2.28. The molecule has 1 aromatic rings. The van der Waals surface area contributed by atoms with Gasteiger partial charge in [-0.3, -0.25) is 0 Å². The van der Waals surface area contributed by atoms with Crippen LogP contribution in [-0.4, -0.2) is 5.92 Å². The Morgan fingerprint density at radius 1 is 1.14 bits per heavy atom.